The van der Waals surface area contributed by atoms with Crippen LogP contribution in [0.5, 0.6) is 0 Å². The lowest BCUT2D eigenvalue weighted by atomic mass is 10.1. The number of hydrogen-bond acceptors (Lipinski definition) is 3. The molecule has 0 aromatic heterocycles. The molecule has 18 heavy (non-hydrogen) atoms. The maximum absolute atomic E-state index is 12.2. The topological polar surface area (TPSA) is 52.7 Å². The Morgan fingerprint density at radius 3 is 2.56 bits per heavy atom. The molecular formula is C12H20ClN3O2. The fourth-order valence-corrected chi connectivity index (χ4v) is 2.77. The summed E-state index contributed by atoms with van der Waals surface area (Å²) in [5.74, 6) is 0.395. The molecule has 0 aromatic carbocycles. The van der Waals surface area contributed by atoms with Gasteiger partial charge in [-0.3, -0.25) is 9.59 Å². The van der Waals surface area contributed by atoms with Crippen molar-refractivity contribution in [1.29, 1.82) is 0 Å². The van der Waals surface area contributed by atoms with Gasteiger partial charge in [0.1, 0.15) is 0 Å². The van der Waals surface area contributed by atoms with Gasteiger partial charge in [0.05, 0.1) is 12.5 Å². The van der Waals surface area contributed by atoms with Crippen LogP contribution < -0.4 is 5.32 Å². The summed E-state index contributed by atoms with van der Waals surface area (Å²) < 4.78 is 0. The summed E-state index contributed by atoms with van der Waals surface area (Å²) in [7, 11) is 0. The first-order valence-electron chi connectivity index (χ1n) is 6.54. The predicted molar refractivity (Wildman–Crippen MR) is 69.5 cm³/mol. The lowest BCUT2D eigenvalue weighted by Crippen LogP contribution is -2.54. The Balaban J connectivity index is 0.00000120. The second-order valence-electron chi connectivity index (χ2n) is 5.27. The molecule has 2 amide bonds. The van der Waals surface area contributed by atoms with Crippen LogP contribution in [0, 0.1) is 5.92 Å². The van der Waals surface area contributed by atoms with E-state index in [1.165, 1.54) is 0 Å². The highest BCUT2D eigenvalue weighted by Crippen LogP contribution is 2.28. The van der Waals surface area contributed by atoms with Gasteiger partial charge in [-0.2, -0.15) is 0 Å². The van der Waals surface area contributed by atoms with Gasteiger partial charge in [-0.15, -0.1) is 12.4 Å². The van der Waals surface area contributed by atoms with Gasteiger partial charge in [0.25, 0.3) is 0 Å². The molecule has 2 saturated heterocycles. The van der Waals surface area contributed by atoms with E-state index in [1.807, 2.05) is 4.90 Å². The molecule has 2 heterocycles. The Bertz CT molecular complexity index is 340. The highest BCUT2D eigenvalue weighted by atomic mass is 35.5. The molecule has 3 aliphatic rings. The number of nitrogens with one attached hydrogen (secondary N) is 1. The van der Waals surface area contributed by atoms with Crippen molar-refractivity contribution >= 4 is 24.2 Å². The van der Waals surface area contributed by atoms with Gasteiger partial charge in [0.15, 0.2) is 0 Å². The molecule has 0 spiro atoms. The van der Waals surface area contributed by atoms with Crippen LogP contribution in [0.25, 0.3) is 0 Å². The molecule has 1 N–H and O–H groups in total. The summed E-state index contributed by atoms with van der Waals surface area (Å²) in [6.45, 7) is 3.45. The van der Waals surface area contributed by atoms with E-state index in [9.17, 15) is 9.59 Å². The molecule has 0 aromatic rings. The van der Waals surface area contributed by atoms with Gasteiger partial charge in [0, 0.05) is 25.7 Å². The van der Waals surface area contributed by atoms with Crippen LogP contribution >= 0.6 is 12.4 Å². The highest BCUT2D eigenvalue weighted by molar-refractivity contribution is 5.87. The van der Waals surface area contributed by atoms with E-state index in [-0.39, 0.29) is 30.1 Å². The summed E-state index contributed by atoms with van der Waals surface area (Å²) in [5.41, 5.74) is 0. The number of carbonyl (C=O) groups excluding carboxylic acids is 2. The molecule has 0 radical (unpaired) electrons. The Kier molecular flexibility index (Phi) is 4.12. The van der Waals surface area contributed by atoms with Gasteiger partial charge >= 0.3 is 0 Å². The number of carbonyl (C=O) groups is 2. The molecule has 1 aliphatic carbocycles. The van der Waals surface area contributed by atoms with Crippen molar-refractivity contribution in [3.8, 4) is 0 Å². The summed E-state index contributed by atoms with van der Waals surface area (Å²) >= 11 is 0. The van der Waals surface area contributed by atoms with Crippen molar-refractivity contribution in [3.63, 3.8) is 0 Å². The van der Waals surface area contributed by atoms with E-state index in [4.69, 9.17) is 0 Å². The Morgan fingerprint density at radius 2 is 2.00 bits per heavy atom. The van der Waals surface area contributed by atoms with Gasteiger partial charge in [-0.1, -0.05) is 0 Å². The zero-order chi connectivity index (χ0) is 11.8. The lowest BCUT2D eigenvalue weighted by Gasteiger charge is -2.35. The highest BCUT2D eigenvalue weighted by Gasteiger charge is 2.38. The van der Waals surface area contributed by atoms with Crippen molar-refractivity contribution < 1.29 is 9.59 Å². The normalized spacial score (nSPS) is 28.2. The molecule has 5 nitrogen and oxygen atoms in total. The molecule has 0 bridgehead atoms. The second kappa shape index (κ2) is 5.45. The van der Waals surface area contributed by atoms with E-state index >= 15 is 0 Å². The third-order valence-electron chi connectivity index (χ3n) is 3.97. The minimum atomic E-state index is 0. The zero-order valence-electron chi connectivity index (χ0n) is 10.4. The fraction of sp³-hybridized carbons (Fsp3) is 0.833. The largest absolute Gasteiger partial charge is 0.336 e. The van der Waals surface area contributed by atoms with Crippen LogP contribution in [-0.4, -0.2) is 60.4 Å². The van der Waals surface area contributed by atoms with Crippen LogP contribution in [0.4, 0.5) is 0 Å². The second-order valence-corrected chi connectivity index (χ2v) is 5.27. The zero-order valence-corrected chi connectivity index (χ0v) is 11.2. The van der Waals surface area contributed by atoms with E-state index in [2.05, 4.69) is 5.32 Å². The van der Waals surface area contributed by atoms with Crippen molar-refractivity contribution in [2.24, 2.45) is 5.92 Å². The predicted octanol–water partition coefficient (Wildman–Crippen LogP) is -0.149. The van der Waals surface area contributed by atoms with Crippen LogP contribution in [0.2, 0.25) is 0 Å². The van der Waals surface area contributed by atoms with E-state index in [0.29, 0.717) is 12.6 Å². The summed E-state index contributed by atoms with van der Waals surface area (Å²) in [6.07, 6.45) is 3.20. The van der Waals surface area contributed by atoms with E-state index in [0.717, 1.165) is 45.4 Å². The van der Waals surface area contributed by atoms with Gasteiger partial charge in [-0.25, -0.2) is 0 Å². The van der Waals surface area contributed by atoms with Crippen LogP contribution in [0.3, 0.4) is 0 Å². The number of halogens is 1. The lowest BCUT2D eigenvalue weighted by molar-refractivity contribution is -0.147. The van der Waals surface area contributed by atoms with Crippen LogP contribution in [0.15, 0.2) is 0 Å². The van der Waals surface area contributed by atoms with Gasteiger partial charge in [0.2, 0.25) is 11.8 Å². The summed E-state index contributed by atoms with van der Waals surface area (Å²) in [4.78, 5) is 27.8. The molecule has 102 valence electrons. The Labute approximate surface area is 113 Å². The molecular weight excluding hydrogens is 254 g/mol. The fourth-order valence-electron chi connectivity index (χ4n) is 2.77. The minimum Gasteiger partial charge on any atom is -0.336 e. The molecule has 0 unspecified atom stereocenters. The van der Waals surface area contributed by atoms with Crippen LogP contribution in [-0.2, 0) is 9.59 Å². The Hall–Kier alpha value is -0.810. The standard InChI is InChI=1S/C12H19N3O2.ClH/c16-11-8-14(5-6-15(11)10-1-2-10)12(17)9-3-4-13-7-9;/h9-10,13H,1-8H2;1H/t9-;/m1./s1. The maximum atomic E-state index is 12.2. The minimum absolute atomic E-state index is 0. The van der Waals surface area contributed by atoms with Crippen molar-refractivity contribution in [3.05, 3.63) is 0 Å². The number of hydrogen-bond donors (Lipinski definition) is 1. The average molecular weight is 274 g/mol. The number of piperazine rings is 1. The first-order chi connectivity index (χ1) is 8.25. The van der Waals surface area contributed by atoms with Crippen molar-refractivity contribution in [2.75, 3.05) is 32.7 Å². The number of nitrogens with zero attached hydrogens (tertiary/aromatic N) is 2. The molecule has 3 rings (SSSR count). The SMILES string of the molecule is Cl.O=C([C@@H]1CCNC1)N1CCN(C2CC2)C(=O)C1. The van der Waals surface area contributed by atoms with Gasteiger partial charge < -0.3 is 15.1 Å². The third kappa shape index (κ3) is 2.62. The van der Waals surface area contributed by atoms with Gasteiger partial charge in [-0.05, 0) is 25.8 Å². The first kappa shape index (κ1) is 13.6. The van der Waals surface area contributed by atoms with E-state index < -0.39 is 0 Å². The molecule has 1 saturated carbocycles. The average Bonchev–Trinajstić information content (AvgIpc) is 3.02. The smallest absolute Gasteiger partial charge is 0.242 e. The number of rotatable bonds is 2. The van der Waals surface area contributed by atoms with Crippen molar-refractivity contribution in [1.82, 2.24) is 15.1 Å². The summed E-state index contributed by atoms with van der Waals surface area (Å²) in [5, 5.41) is 3.20. The maximum Gasteiger partial charge on any atom is 0.242 e. The molecule has 6 heteroatoms. The Morgan fingerprint density at radius 1 is 1.22 bits per heavy atom. The molecule has 1 atom stereocenters. The first-order valence-corrected chi connectivity index (χ1v) is 6.54. The van der Waals surface area contributed by atoms with E-state index in [1.54, 1.807) is 4.90 Å². The molecule has 2 aliphatic heterocycles. The molecule has 3 fully saturated rings. The number of amides is 2. The van der Waals surface area contributed by atoms with Crippen LogP contribution in [0.1, 0.15) is 19.3 Å². The van der Waals surface area contributed by atoms with Crippen molar-refractivity contribution in [2.45, 2.75) is 25.3 Å². The summed E-state index contributed by atoms with van der Waals surface area (Å²) in [6, 6.07) is 0.480. The quantitative estimate of drug-likeness (QED) is 0.761. The monoisotopic (exact) mass is 273 g/mol. The third-order valence-corrected chi connectivity index (χ3v) is 3.97.